The molecule has 0 unspecified atom stereocenters. The smallest absolute Gasteiger partial charge is 0.00127 e. The van der Waals surface area contributed by atoms with Gasteiger partial charge in [-0.1, -0.05) is 103 Å². The molecule has 174 valence electrons. The average molecular weight is 409 g/mol. The molecular formula is C27H56N2. The SMILES string of the molecule is CCCCCCCC/C=C\CCCCCCCCCCCCNCCCN(C)C. The van der Waals surface area contributed by atoms with Crippen molar-refractivity contribution in [2.24, 2.45) is 0 Å². The van der Waals surface area contributed by atoms with Crippen LogP contribution in [0.2, 0.25) is 0 Å². The molecule has 0 bridgehead atoms. The van der Waals surface area contributed by atoms with Crippen LogP contribution in [0.15, 0.2) is 12.2 Å². The Morgan fingerprint density at radius 3 is 1.41 bits per heavy atom. The van der Waals surface area contributed by atoms with Gasteiger partial charge in [0, 0.05) is 0 Å². The van der Waals surface area contributed by atoms with Crippen molar-refractivity contribution in [3.05, 3.63) is 12.2 Å². The molecular weight excluding hydrogens is 352 g/mol. The molecule has 0 aliphatic rings. The third kappa shape index (κ3) is 27.7. The Balaban J connectivity index is 3.05. The molecule has 0 saturated heterocycles. The Labute approximate surface area is 185 Å². The fourth-order valence-electron chi connectivity index (χ4n) is 3.85. The second-order valence-corrected chi connectivity index (χ2v) is 9.26. The summed E-state index contributed by atoms with van der Waals surface area (Å²) < 4.78 is 0. The molecule has 29 heavy (non-hydrogen) atoms. The Morgan fingerprint density at radius 2 is 0.931 bits per heavy atom. The summed E-state index contributed by atoms with van der Waals surface area (Å²) in [5, 5.41) is 3.57. The zero-order valence-corrected chi connectivity index (χ0v) is 20.7. The molecule has 0 fully saturated rings. The van der Waals surface area contributed by atoms with E-state index in [-0.39, 0.29) is 0 Å². The highest BCUT2D eigenvalue weighted by Crippen LogP contribution is 2.12. The van der Waals surface area contributed by atoms with Crippen LogP contribution in [-0.2, 0) is 0 Å². The van der Waals surface area contributed by atoms with E-state index in [0.29, 0.717) is 0 Å². The summed E-state index contributed by atoms with van der Waals surface area (Å²) >= 11 is 0. The maximum absolute atomic E-state index is 3.57. The molecule has 0 spiro atoms. The van der Waals surface area contributed by atoms with E-state index in [0.717, 1.165) is 0 Å². The van der Waals surface area contributed by atoms with Crippen molar-refractivity contribution in [2.75, 3.05) is 33.7 Å². The topological polar surface area (TPSA) is 15.3 Å². The van der Waals surface area contributed by atoms with E-state index < -0.39 is 0 Å². The van der Waals surface area contributed by atoms with Crippen molar-refractivity contribution in [1.29, 1.82) is 0 Å². The minimum absolute atomic E-state index is 1.17. The lowest BCUT2D eigenvalue weighted by molar-refractivity contribution is 0.393. The fraction of sp³-hybridized carbons (Fsp3) is 0.926. The molecule has 0 aliphatic carbocycles. The Hall–Kier alpha value is -0.340. The van der Waals surface area contributed by atoms with Gasteiger partial charge in [-0.05, 0) is 72.3 Å². The molecule has 0 amide bonds. The zero-order chi connectivity index (χ0) is 21.3. The maximum Gasteiger partial charge on any atom is -0.00127 e. The van der Waals surface area contributed by atoms with Crippen LogP contribution in [-0.4, -0.2) is 38.6 Å². The van der Waals surface area contributed by atoms with Crippen LogP contribution in [0, 0.1) is 0 Å². The Morgan fingerprint density at radius 1 is 0.517 bits per heavy atom. The Bertz CT molecular complexity index is 312. The van der Waals surface area contributed by atoms with Gasteiger partial charge in [0.25, 0.3) is 0 Å². The van der Waals surface area contributed by atoms with Crippen LogP contribution in [0.4, 0.5) is 0 Å². The normalized spacial score (nSPS) is 11.9. The van der Waals surface area contributed by atoms with Gasteiger partial charge < -0.3 is 10.2 Å². The number of nitrogens with zero attached hydrogens (tertiary/aromatic N) is 1. The summed E-state index contributed by atoms with van der Waals surface area (Å²) in [6.07, 6.45) is 31.5. The van der Waals surface area contributed by atoms with Gasteiger partial charge >= 0.3 is 0 Å². The summed E-state index contributed by atoms with van der Waals surface area (Å²) in [6, 6.07) is 0. The molecule has 0 rings (SSSR count). The second-order valence-electron chi connectivity index (χ2n) is 9.26. The molecule has 0 aliphatic heterocycles. The fourth-order valence-corrected chi connectivity index (χ4v) is 3.85. The molecule has 0 atom stereocenters. The molecule has 0 saturated carbocycles. The molecule has 2 nitrogen and oxygen atoms in total. The Kier molecular flexibility index (Phi) is 25.4. The van der Waals surface area contributed by atoms with Crippen LogP contribution in [0.25, 0.3) is 0 Å². The van der Waals surface area contributed by atoms with E-state index >= 15 is 0 Å². The van der Waals surface area contributed by atoms with Gasteiger partial charge in [0.2, 0.25) is 0 Å². The van der Waals surface area contributed by atoms with E-state index in [1.54, 1.807) is 0 Å². The third-order valence-corrected chi connectivity index (χ3v) is 5.82. The lowest BCUT2D eigenvalue weighted by Gasteiger charge is -2.09. The van der Waals surface area contributed by atoms with Crippen molar-refractivity contribution in [3.63, 3.8) is 0 Å². The van der Waals surface area contributed by atoms with E-state index in [1.807, 2.05) is 0 Å². The summed E-state index contributed by atoms with van der Waals surface area (Å²) in [6.45, 7) is 5.87. The first-order chi connectivity index (χ1) is 14.3. The van der Waals surface area contributed by atoms with Gasteiger partial charge in [-0.25, -0.2) is 0 Å². The largest absolute Gasteiger partial charge is 0.317 e. The molecule has 1 N–H and O–H groups in total. The monoisotopic (exact) mass is 408 g/mol. The van der Waals surface area contributed by atoms with Crippen LogP contribution >= 0.6 is 0 Å². The molecule has 0 aromatic heterocycles. The van der Waals surface area contributed by atoms with Gasteiger partial charge in [-0.2, -0.15) is 0 Å². The average Bonchev–Trinajstić information content (AvgIpc) is 2.71. The minimum atomic E-state index is 1.17. The standard InChI is InChI=1S/C27H56N2/c1-4-5-6-7-8-9-10-11-12-13-14-15-16-17-18-19-20-21-22-23-25-28-26-24-27-29(2)3/h11-12,28H,4-10,13-27H2,1-3H3/b12-11-. The summed E-state index contributed by atoms with van der Waals surface area (Å²) in [5.41, 5.74) is 0. The van der Waals surface area contributed by atoms with Gasteiger partial charge in [-0.3, -0.25) is 0 Å². The first-order valence-corrected chi connectivity index (χ1v) is 13.3. The third-order valence-electron chi connectivity index (χ3n) is 5.82. The number of hydrogen-bond donors (Lipinski definition) is 1. The van der Waals surface area contributed by atoms with Crippen molar-refractivity contribution in [2.45, 2.75) is 129 Å². The van der Waals surface area contributed by atoms with Gasteiger partial charge in [0.15, 0.2) is 0 Å². The van der Waals surface area contributed by atoms with Gasteiger partial charge in [-0.15, -0.1) is 0 Å². The van der Waals surface area contributed by atoms with Gasteiger partial charge in [0.05, 0.1) is 0 Å². The highest BCUT2D eigenvalue weighted by atomic mass is 15.0. The highest BCUT2D eigenvalue weighted by molar-refractivity contribution is 4.81. The second kappa shape index (κ2) is 25.7. The van der Waals surface area contributed by atoms with Crippen LogP contribution < -0.4 is 5.32 Å². The van der Waals surface area contributed by atoms with Crippen LogP contribution in [0.5, 0.6) is 0 Å². The molecule has 0 radical (unpaired) electrons. The highest BCUT2D eigenvalue weighted by Gasteiger charge is 1.94. The van der Waals surface area contributed by atoms with E-state index in [1.165, 1.54) is 142 Å². The van der Waals surface area contributed by atoms with Crippen LogP contribution in [0.3, 0.4) is 0 Å². The van der Waals surface area contributed by atoms with Gasteiger partial charge in [0.1, 0.15) is 0 Å². The lowest BCUT2D eigenvalue weighted by Crippen LogP contribution is -2.22. The van der Waals surface area contributed by atoms with E-state index in [9.17, 15) is 0 Å². The first kappa shape index (κ1) is 28.7. The first-order valence-electron chi connectivity index (χ1n) is 13.3. The summed E-state index contributed by atoms with van der Waals surface area (Å²) in [5.74, 6) is 0. The predicted molar refractivity (Wildman–Crippen MR) is 134 cm³/mol. The lowest BCUT2D eigenvalue weighted by atomic mass is 10.1. The number of unbranched alkanes of at least 4 members (excludes halogenated alkanes) is 16. The minimum Gasteiger partial charge on any atom is -0.317 e. The van der Waals surface area contributed by atoms with Crippen molar-refractivity contribution in [1.82, 2.24) is 10.2 Å². The van der Waals surface area contributed by atoms with Crippen LogP contribution in [0.1, 0.15) is 129 Å². The summed E-state index contributed by atoms with van der Waals surface area (Å²) in [4.78, 5) is 2.26. The summed E-state index contributed by atoms with van der Waals surface area (Å²) in [7, 11) is 4.30. The number of allylic oxidation sites excluding steroid dienone is 2. The van der Waals surface area contributed by atoms with E-state index in [2.05, 4.69) is 43.4 Å². The quantitative estimate of drug-likeness (QED) is 0.128. The number of rotatable bonds is 24. The predicted octanol–water partition coefficient (Wildman–Crippen LogP) is 8.13. The zero-order valence-electron chi connectivity index (χ0n) is 20.7. The maximum atomic E-state index is 3.57. The van der Waals surface area contributed by atoms with Crippen molar-refractivity contribution in [3.8, 4) is 0 Å². The number of nitrogens with one attached hydrogen (secondary N) is 1. The van der Waals surface area contributed by atoms with E-state index in [4.69, 9.17) is 0 Å². The number of hydrogen-bond acceptors (Lipinski definition) is 2. The van der Waals surface area contributed by atoms with Crippen molar-refractivity contribution < 1.29 is 0 Å². The van der Waals surface area contributed by atoms with Crippen molar-refractivity contribution >= 4 is 0 Å². The molecule has 2 heteroatoms. The molecule has 0 aromatic rings. The molecule has 0 heterocycles. The molecule has 0 aromatic carbocycles.